The maximum Gasteiger partial charge on any atom is 0.313 e. The molecule has 1 aromatic rings. The first-order valence-corrected chi connectivity index (χ1v) is 6.29. The lowest BCUT2D eigenvalue weighted by Crippen LogP contribution is -2.50. The summed E-state index contributed by atoms with van der Waals surface area (Å²) in [6, 6.07) is 6.31. The number of piperazine rings is 1. The highest BCUT2D eigenvalue weighted by atomic mass is 16.2. The zero-order chi connectivity index (χ0) is 14.5. The van der Waals surface area contributed by atoms with Crippen LogP contribution >= 0.6 is 0 Å². The van der Waals surface area contributed by atoms with Crippen LogP contribution in [0.3, 0.4) is 0 Å². The molecule has 1 fully saturated rings. The van der Waals surface area contributed by atoms with Gasteiger partial charge in [-0.15, -0.1) is 0 Å². The third kappa shape index (κ3) is 3.12. The predicted molar refractivity (Wildman–Crippen MR) is 73.0 cm³/mol. The number of para-hydroxylation sites is 1. The van der Waals surface area contributed by atoms with Gasteiger partial charge in [0.1, 0.15) is 0 Å². The van der Waals surface area contributed by atoms with Crippen LogP contribution in [0.25, 0.3) is 0 Å². The van der Waals surface area contributed by atoms with Gasteiger partial charge in [0.25, 0.3) is 5.91 Å². The molecule has 0 unspecified atom stereocenters. The van der Waals surface area contributed by atoms with Gasteiger partial charge in [-0.1, -0.05) is 12.1 Å². The molecule has 0 radical (unpaired) electrons. The Hall–Kier alpha value is -2.41. The van der Waals surface area contributed by atoms with Crippen LogP contribution < -0.4 is 16.4 Å². The Kier molecular flexibility index (Phi) is 4.31. The lowest BCUT2D eigenvalue weighted by atomic mass is 10.1. The van der Waals surface area contributed by atoms with E-state index in [1.165, 1.54) is 17.0 Å². The van der Waals surface area contributed by atoms with E-state index in [4.69, 9.17) is 5.73 Å². The van der Waals surface area contributed by atoms with E-state index in [2.05, 4.69) is 10.6 Å². The summed E-state index contributed by atoms with van der Waals surface area (Å²) in [4.78, 5) is 36.6. The van der Waals surface area contributed by atoms with Crippen LogP contribution in [0.2, 0.25) is 0 Å². The van der Waals surface area contributed by atoms with E-state index in [0.717, 1.165) is 0 Å². The van der Waals surface area contributed by atoms with Crippen LogP contribution in [0.15, 0.2) is 24.3 Å². The second kappa shape index (κ2) is 6.16. The highest BCUT2D eigenvalue weighted by Crippen LogP contribution is 2.14. The van der Waals surface area contributed by atoms with Crippen molar-refractivity contribution in [1.82, 2.24) is 10.2 Å². The molecular weight excluding hydrogens is 260 g/mol. The van der Waals surface area contributed by atoms with E-state index >= 15 is 0 Å². The summed E-state index contributed by atoms with van der Waals surface area (Å²) in [5.74, 6) is -2.03. The smallest absolute Gasteiger partial charge is 0.313 e. The normalized spacial score (nSPS) is 14.7. The predicted octanol–water partition coefficient (Wildman–Crippen LogP) is -0.844. The number of rotatable bonds is 2. The number of anilines is 1. The van der Waals surface area contributed by atoms with E-state index in [-0.39, 0.29) is 11.3 Å². The highest BCUT2D eigenvalue weighted by molar-refractivity contribution is 6.39. The van der Waals surface area contributed by atoms with Crippen LogP contribution in [0.1, 0.15) is 10.4 Å². The number of primary amides is 1. The Bertz CT molecular complexity index is 538. The molecule has 2 rings (SSSR count). The zero-order valence-corrected chi connectivity index (χ0v) is 10.9. The van der Waals surface area contributed by atoms with Gasteiger partial charge >= 0.3 is 11.8 Å². The summed E-state index contributed by atoms with van der Waals surface area (Å²) in [7, 11) is 0. The summed E-state index contributed by atoms with van der Waals surface area (Å²) in [5.41, 5.74) is 5.63. The van der Waals surface area contributed by atoms with Gasteiger partial charge in [0.05, 0.1) is 11.3 Å². The number of nitrogens with one attached hydrogen (secondary N) is 2. The molecule has 3 amide bonds. The molecule has 4 N–H and O–H groups in total. The van der Waals surface area contributed by atoms with Gasteiger partial charge in [0.15, 0.2) is 0 Å². The fourth-order valence-corrected chi connectivity index (χ4v) is 1.99. The summed E-state index contributed by atoms with van der Waals surface area (Å²) < 4.78 is 0. The van der Waals surface area contributed by atoms with Crippen LogP contribution in [0, 0.1) is 0 Å². The van der Waals surface area contributed by atoms with E-state index in [1.54, 1.807) is 12.1 Å². The third-order valence-electron chi connectivity index (χ3n) is 3.04. The molecule has 0 atom stereocenters. The Morgan fingerprint density at radius 1 is 1.15 bits per heavy atom. The summed E-state index contributed by atoms with van der Waals surface area (Å²) >= 11 is 0. The molecule has 20 heavy (non-hydrogen) atoms. The van der Waals surface area contributed by atoms with E-state index in [0.29, 0.717) is 26.2 Å². The average molecular weight is 276 g/mol. The third-order valence-corrected chi connectivity index (χ3v) is 3.04. The van der Waals surface area contributed by atoms with Gasteiger partial charge in [-0.25, -0.2) is 0 Å². The van der Waals surface area contributed by atoms with Gasteiger partial charge in [0, 0.05) is 26.2 Å². The molecular formula is C13H16N4O3. The molecule has 0 bridgehead atoms. The molecule has 1 aliphatic rings. The molecule has 1 aromatic carbocycles. The van der Waals surface area contributed by atoms with Crippen molar-refractivity contribution in [3.8, 4) is 0 Å². The fourth-order valence-electron chi connectivity index (χ4n) is 1.99. The van der Waals surface area contributed by atoms with Gasteiger partial charge in [-0.3, -0.25) is 14.4 Å². The summed E-state index contributed by atoms with van der Waals surface area (Å²) in [5, 5.41) is 5.53. The molecule has 7 nitrogen and oxygen atoms in total. The number of carbonyl (C=O) groups is 3. The number of hydrogen-bond donors (Lipinski definition) is 3. The standard InChI is InChI=1S/C13H16N4O3/c14-11(18)9-3-1-2-4-10(9)16-12(19)13(20)17-7-5-15-6-8-17/h1-4,15H,5-8H2,(H2,14,18)(H,16,19). The maximum absolute atomic E-state index is 12.0. The number of nitrogens with two attached hydrogens (primary N) is 1. The van der Waals surface area contributed by atoms with Crippen molar-refractivity contribution in [2.75, 3.05) is 31.5 Å². The Morgan fingerprint density at radius 2 is 1.80 bits per heavy atom. The lowest BCUT2D eigenvalue weighted by molar-refractivity contribution is -0.143. The van der Waals surface area contributed by atoms with Crippen molar-refractivity contribution in [3.63, 3.8) is 0 Å². The lowest BCUT2D eigenvalue weighted by Gasteiger charge is -2.26. The second-order valence-corrected chi connectivity index (χ2v) is 4.41. The van der Waals surface area contributed by atoms with Crippen LogP contribution in [-0.4, -0.2) is 48.8 Å². The van der Waals surface area contributed by atoms with Gasteiger partial charge in [0.2, 0.25) is 0 Å². The van der Waals surface area contributed by atoms with Crippen molar-refractivity contribution in [2.24, 2.45) is 5.73 Å². The Morgan fingerprint density at radius 3 is 2.45 bits per heavy atom. The number of amides is 3. The van der Waals surface area contributed by atoms with Gasteiger partial charge in [-0.2, -0.15) is 0 Å². The monoisotopic (exact) mass is 276 g/mol. The number of hydrogen-bond acceptors (Lipinski definition) is 4. The van der Waals surface area contributed by atoms with Crippen molar-refractivity contribution in [3.05, 3.63) is 29.8 Å². The first-order valence-electron chi connectivity index (χ1n) is 6.29. The van der Waals surface area contributed by atoms with Crippen LogP contribution in [0.4, 0.5) is 5.69 Å². The molecule has 1 heterocycles. The zero-order valence-electron chi connectivity index (χ0n) is 10.9. The molecule has 106 valence electrons. The van der Waals surface area contributed by atoms with E-state index in [1.807, 2.05) is 0 Å². The minimum absolute atomic E-state index is 0.175. The SMILES string of the molecule is NC(=O)c1ccccc1NC(=O)C(=O)N1CCNCC1. The van der Waals surface area contributed by atoms with Crippen molar-refractivity contribution >= 4 is 23.4 Å². The summed E-state index contributed by atoms with van der Waals surface area (Å²) in [6.45, 7) is 2.31. The highest BCUT2D eigenvalue weighted by Gasteiger charge is 2.24. The number of nitrogens with zero attached hydrogens (tertiary/aromatic N) is 1. The quantitative estimate of drug-likeness (QED) is 0.612. The Labute approximate surface area is 116 Å². The van der Waals surface area contributed by atoms with Crippen molar-refractivity contribution < 1.29 is 14.4 Å². The molecule has 7 heteroatoms. The van der Waals surface area contributed by atoms with Gasteiger partial charge in [-0.05, 0) is 12.1 Å². The second-order valence-electron chi connectivity index (χ2n) is 4.41. The maximum atomic E-state index is 12.0. The average Bonchev–Trinajstić information content (AvgIpc) is 2.47. The summed E-state index contributed by atoms with van der Waals surface area (Å²) in [6.07, 6.45) is 0. The molecule has 0 spiro atoms. The van der Waals surface area contributed by atoms with Crippen LogP contribution in [-0.2, 0) is 9.59 Å². The molecule has 0 saturated carbocycles. The van der Waals surface area contributed by atoms with E-state index in [9.17, 15) is 14.4 Å². The fraction of sp³-hybridized carbons (Fsp3) is 0.308. The van der Waals surface area contributed by atoms with Crippen molar-refractivity contribution in [1.29, 1.82) is 0 Å². The first-order chi connectivity index (χ1) is 9.59. The van der Waals surface area contributed by atoms with Crippen molar-refractivity contribution in [2.45, 2.75) is 0 Å². The van der Waals surface area contributed by atoms with E-state index < -0.39 is 17.7 Å². The number of carbonyl (C=O) groups excluding carboxylic acids is 3. The molecule has 0 aromatic heterocycles. The Balaban J connectivity index is 2.07. The largest absolute Gasteiger partial charge is 0.366 e. The van der Waals surface area contributed by atoms with Gasteiger partial charge < -0.3 is 21.3 Å². The molecule has 1 aliphatic heterocycles. The molecule has 1 saturated heterocycles. The molecule has 0 aliphatic carbocycles. The topological polar surface area (TPSA) is 105 Å². The first kappa shape index (κ1) is 14.0. The van der Waals surface area contributed by atoms with Crippen LogP contribution in [0.5, 0.6) is 0 Å². The number of benzene rings is 1. The minimum Gasteiger partial charge on any atom is -0.366 e. The minimum atomic E-state index is -0.763.